The van der Waals surface area contributed by atoms with Crippen molar-refractivity contribution >= 4 is 36.8 Å². The topological polar surface area (TPSA) is 83.6 Å². The Labute approximate surface area is 138 Å². The van der Waals surface area contributed by atoms with Gasteiger partial charge in [0.2, 0.25) is 5.96 Å². The van der Waals surface area contributed by atoms with E-state index in [0.717, 1.165) is 18.5 Å². The number of aliphatic imine (C=N–C) groups is 1. The van der Waals surface area contributed by atoms with E-state index in [1.807, 2.05) is 25.1 Å². The van der Waals surface area contributed by atoms with Crippen LogP contribution in [0.3, 0.4) is 0 Å². The number of hydrogen-bond acceptors (Lipinski definition) is 2. The van der Waals surface area contributed by atoms with Gasteiger partial charge in [-0.15, -0.1) is 24.8 Å². The average Bonchev–Trinajstić information content (AvgIpc) is 2.43. The van der Waals surface area contributed by atoms with Crippen LogP contribution in [-0.4, -0.2) is 42.0 Å². The first-order chi connectivity index (χ1) is 9.13. The summed E-state index contributed by atoms with van der Waals surface area (Å²) in [6.07, 6.45) is 3.38. The van der Waals surface area contributed by atoms with Gasteiger partial charge in [0.1, 0.15) is 0 Å². The highest BCUT2D eigenvalue weighted by Crippen LogP contribution is 1.96. The molecule has 0 aliphatic rings. The predicted octanol–water partition coefficient (Wildman–Crippen LogP) is 1.83. The van der Waals surface area contributed by atoms with Gasteiger partial charge in [0.15, 0.2) is 0 Å². The summed E-state index contributed by atoms with van der Waals surface area (Å²) in [5.74, 6) is 0.213. The van der Waals surface area contributed by atoms with Crippen LogP contribution < -0.4 is 11.1 Å². The van der Waals surface area contributed by atoms with Crippen LogP contribution in [-0.2, 0) is 6.42 Å². The zero-order chi connectivity index (χ0) is 14.1. The molecule has 0 unspecified atom stereocenters. The maximum atomic E-state index is 11.4. The van der Waals surface area contributed by atoms with E-state index in [1.54, 1.807) is 18.1 Å². The van der Waals surface area contributed by atoms with Gasteiger partial charge in [-0.25, -0.2) is 4.79 Å². The summed E-state index contributed by atoms with van der Waals surface area (Å²) < 4.78 is 0. The van der Waals surface area contributed by atoms with Gasteiger partial charge in [-0.1, -0.05) is 13.0 Å². The molecular weight excluding hydrogens is 313 g/mol. The van der Waals surface area contributed by atoms with Gasteiger partial charge in [0, 0.05) is 38.4 Å². The molecule has 1 aromatic rings. The van der Waals surface area contributed by atoms with Gasteiger partial charge in [-0.2, -0.15) is 4.99 Å². The minimum absolute atomic E-state index is 0. The third-order valence-corrected chi connectivity index (χ3v) is 2.56. The first-order valence-electron chi connectivity index (χ1n) is 6.36. The zero-order valence-corrected chi connectivity index (χ0v) is 13.9. The summed E-state index contributed by atoms with van der Waals surface area (Å²) in [6, 6.07) is 5.37. The van der Waals surface area contributed by atoms with Crippen molar-refractivity contribution in [2.24, 2.45) is 10.7 Å². The number of nitrogens with two attached hydrogens (primary N) is 1. The molecule has 0 aliphatic heterocycles. The highest BCUT2D eigenvalue weighted by atomic mass is 35.5. The van der Waals surface area contributed by atoms with Crippen LogP contribution in [0.4, 0.5) is 4.79 Å². The molecule has 1 heterocycles. The Morgan fingerprint density at radius 1 is 1.43 bits per heavy atom. The Balaban J connectivity index is 0. The van der Waals surface area contributed by atoms with E-state index >= 15 is 0 Å². The number of likely N-dealkylation sites (N-methyl/N-ethyl adjacent to an activating group) is 1. The lowest BCUT2D eigenvalue weighted by Crippen LogP contribution is -2.37. The molecule has 2 amide bonds. The zero-order valence-electron chi connectivity index (χ0n) is 12.3. The lowest BCUT2D eigenvalue weighted by molar-refractivity contribution is 0.249. The molecule has 0 bridgehead atoms. The van der Waals surface area contributed by atoms with Gasteiger partial charge in [0.25, 0.3) is 0 Å². The summed E-state index contributed by atoms with van der Waals surface area (Å²) in [4.78, 5) is 21.1. The highest BCUT2D eigenvalue weighted by Gasteiger charge is 2.05. The normalized spacial score (nSPS) is 10.1. The van der Waals surface area contributed by atoms with Crippen molar-refractivity contribution in [3.63, 3.8) is 0 Å². The molecule has 120 valence electrons. The van der Waals surface area contributed by atoms with Crippen molar-refractivity contribution in [2.75, 3.05) is 20.1 Å². The predicted molar refractivity (Wildman–Crippen MR) is 90.4 cm³/mol. The van der Waals surface area contributed by atoms with E-state index in [2.05, 4.69) is 15.3 Å². The number of halogens is 2. The molecule has 21 heavy (non-hydrogen) atoms. The first-order valence-corrected chi connectivity index (χ1v) is 6.36. The van der Waals surface area contributed by atoms with Crippen LogP contribution in [0.25, 0.3) is 0 Å². The molecule has 1 rings (SSSR count). The summed E-state index contributed by atoms with van der Waals surface area (Å²) in [7, 11) is 1.80. The molecule has 1 aromatic heterocycles. The van der Waals surface area contributed by atoms with E-state index in [-0.39, 0.29) is 30.8 Å². The largest absolute Gasteiger partial charge is 0.369 e. The molecule has 6 nitrogen and oxygen atoms in total. The summed E-state index contributed by atoms with van der Waals surface area (Å²) >= 11 is 0. The first kappa shape index (κ1) is 21.8. The third kappa shape index (κ3) is 9.10. The molecule has 0 aromatic carbocycles. The van der Waals surface area contributed by atoms with Gasteiger partial charge >= 0.3 is 6.03 Å². The molecule has 0 fully saturated rings. The molecular formula is C13H23Cl2N5O. The Bertz CT molecular complexity index is 428. The van der Waals surface area contributed by atoms with Crippen molar-refractivity contribution in [2.45, 2.75) is 19.8 Å². The minimum atomic E-state index is -0.399. The number of aromatic nitrogens is 1. The van der Waals surface area contributed by atoms with Crippen LogP contribution in [0.2, 0.25) is 0 Å². The van der Waals surface area contributed by atoms with Crippen LogP contribution >= 0.6 is 24.8 Å². The lowest BCUT2D eigenvalue weighted by atomic mass is 10.2. The van der Waals surface area contributed by atoms with Crippen molar-refractivity contribution < 1.29 is 4.79 Å². The second-order valence-corrected chi connectivity index (χ2v) is 4.19. The molecule has 0 spiro atoms. The molecule has 8 heteroatoms. The SMILES string of the molecule is CCCNC(=O)/N=C(\N)N(C)CCc1ccccn1.Cl.Cl. The number of carbonyl (C=O) groups excluding carboxylic acids is 1. The molecule has 0 atom stereocenters. The number of guanidine groups is 1. The standard InChI is InChI=1S/C13H21N5O.2ClH/c1-3-8-16-13(19)17-12(14)18(2)10-7-11-6-4-5-9-15-11;;/h4-6,9H,3,7-8,10H2,1-2H3,(H3,14,16,17,19);2*1H. The second-order valence-electron chi connectivity index (χ2n) is 4.19. The Morgan fingerprint density at radius 3 is 2.71 bits per heavy atom. The van der Waals surface area contributed by atoms with Crippen LogP contribution in [0.5, 0.6) is 0 Å². The van der Waals surface area contributed by atoms with Crippen molar-refractivity contribution in [1.29, 1.82) is 0 Å². The monoisotopic (exact) mass is 335 g/mol. The van der Waals surface area contributed by atoms with Crippen LogP contribution in [0.1, 0.15) is 19.0 Å². The van der Waals surface area contributed by atoms with Gasteiger partial charge in [-0.05, 0) is 18.6 Å². The number of nitrogens with one attached hydrogen (secondary N) is 1. The fourth-order valence-electron chi connectivity index (χ4n) is 1.40. The minimum Gasteiger partial charge on any atom is -0.369 e. The van der Waals surface area contributed by atoms with E-state index < -0.39 is 6.03 Å². The molecule has 3 N–H and O–H groups in total. The van der Waals surface area contributed by atoms with E-state index in [4.69, 9.17) is 5.73 Å². The van der Waals surface area contributed by atoms with Crippen molar-refractivity contribution in [1.82, 2.24) is 15.2 Å². The number of carbonyl (C=O) groups is 1. The molecule has 0 radical (unpaired) electrons. The molecule has 0 saturated heterocycles. The highest BCUT2D eigenvalue weighted by molar-refractivity contribution is 5.91. The number of pyridine rings is 1. The quantitative estimate of drug-likeness (QED) is 0.635. The number of urea groups is 1. The number of nitrogens with zero attached hydrogens (tertiary/aromatic N) is 3. The lowest BCUT2D eigenvalue weighted by Gasteiger charge is -2.17. The number of rotatable bonds is 5. The smallest absolute Gasteiger partial charge is 0.344 e. The maximum Gasteiger partial charge on any atom is 0.344 e. The maximum absolute atomic E-state index is 11.4. The fourth-order valence-corrected chi connectivity index (χ4v) is 1.40. The van der Waals surface area contributed by atoms with E-state index in [9.17, 15) is 4.79 Å². The Morgan fingerprint density at radius 2 is 2.14 bits per heavy atom. The van der Waals surface area contributed by atoms with E-state index in [1.165, 1.54) is 0 Å². The van der Waals surface area contributed by atoms with E-state index in [0.29, 0.717) is 13.1 Å². The van der Waals surface area contributed by atoms with Gasteiger partial charge in [0.05, 0.1) is 0 Å². The van der Waals surface area contributed by atoms with Gasteiger partial charge in [-0.3, -0.25) is 4.98 Å². The summed E-state index contributed by atoms with van der Waals surface area (Å²) in [5, 5.41) is 2.65. The third-order valence-electron chi connectivity index (χ3n) is 2.56. The van der Waals surface area contributed by atoms with Crippen LogP contribution in [0.15, 0.2) is 29.4 Å². The van der Waals surface area contributed by atoms with Crippen LogP contribution in [0, 0.1) is 0 Å². The summed E-state index contributed by atoms with van der Waals surface area (Å²) in [6.45, 7) is 3.24. The second kappa shape index (κ2) is 12.2. The summed E-state index contributed by atoms with van der Waals surface area (Å²) in [5.41, 5.74) is 6.73. The average molecular weight is 336 g/mol. The van der Waals surface area contributed by atoms with Crippen molar-refractivity contribution in [3.8, 4) is 0 Å². The van der Waals surface area contributed by atoms with Crippen molar-refractivity contribution in [3.05, 3.63) is 30.1 Å². The molecule has 0 saturated carbocycles. The Hall–Kier alpha value is -1.53. The number of hydrogen-bond donors (Lipinski definition) is 2. The fraction of sp³-hybridized carbons (Fsp3) is 0.462. The van der Waals surface area contributed by atoms with Gasteiger partial charge < -0.3 is 16.0 Å². The Kier molecular flexibility index (Phi) is 12.7. The molecule has 0 aliphatic carbocycles. The number of amides is 2.